The summed E-state index contributed by atoms with van der Waals surface area (Å²) in [6.45, 7) is 0. The number of ether oxygens (including phenoxy) is 1. The average molecular weight is 791 g/mol. The van der Waals surface area contributed by atoms with Gasteiger partial charge in [-0.2, -0.15) is 5.26 Å². The lowest BCUT2D eigenvalue weighted by molar-refractivity contribution is 0.436. The summed E-state index contributed by atoms with van der Waals surface area (Å²) in [6, 6.07) is 73.8. The Kier molecular flexibility index (Phi) is 8.06. The molecule has 0 saturated heterocycles. The first-order valence-electron chi connectivity index (χ1n) is 20.7. The summed E-state index contributed by atoms with van der Waals surface area (Å²) in [5.41, 5.74) is 14.0. The van der Waals surface area contributed by atoms with Crippen molar-refractivity contribution in [1.29, 1.82) is 5.26 Å². The molecule has 2 heterocycles. The monoisotopic (exact) mass is 790 g/mol. The third-order valence-electron chi connectivity index (χ3n) is 12.5. The first-order chi connectivity index (χ1) is 30.7. The van der Waals surface area contributed by atoms with E-state index in [0.29, 0.717) is 23.0 Å². The number of aromatic nitrogens is 3. The Hall–Kier alpha value is -8.46. The van der Waals surface area contributed by atoms with Crippen LogP contribution in [0.4, 0.5) is 0 Å². The van der Waals surface area contributed by atoms with Crippen LogP contribution in [-0.2, 0) is 5.41 Å². The highest BCUT2D eigenvalue weighted by molar-refractivity contribution is 6.18. The molecule has 0 atom stereocenters. The summed E-state index contributed by atoms with van der Waals surface area (Å²) in [6.07, 6.45) is 0. The van der Waals surface area contributed by atoms with Crippen LogP contribution >= 0.6 is 0 Å². The molecule has 9 aromatic carbocycles. The first-order valence-corrected chi connectivity index (χ1v) is 20.7. The largest absolute Gasteiger partial charge is 0.456 e. The van der Waals surface area contributed by atoms with E-state index in [1.165, 1.54) is 38.8 Å². The standard InChI is InChI=1S/C57H34N4O/c58-35-36-25-27-38(28-26-36)54-59-55(61-56(60-54)48-34-33-47-44-18-8-7-17-43(44)45-20-11-21-46(48)52(45)47)39-31-29-37(30-32-39)42-19-12-23-50-53(42)62-51-24-10-9-22-49(51)57(50,40-13-3-1-4-14-40)41-15-5-2-6-16-41/h1-34H. The van der Waals surface area contributed by atoms with Gasteiger partial charge in [0, 0.05) is 33.4 Å². The molecule has 0 N–H and O–H groups in total. The molecule has 288 valence electrons. The van der Waals surface area contributed by atoms with Crippen LogP contribution in [0.5, 0.6) is 11.5 Å². The maximum absolute atomic E-state index is 9.54. The SMILES string of the molecule is N#Cc1ccc(-c2nc(-c3ccc(-c4cccc5c4Oc4ccccc4C5(c4ccccc4)c4ccccc4)cc3)nc(-c3ccc4c5c(cccc35)-c3ccccc3-4)n2)cc1. The number of para-hydroxylation sites is 2. The fraction of sp³-hybridized carbons (Fsp3) is 0.0175. The van der Waals surface area contributed by atoms with Gasteiger partial charge in [0.1, 0.15) is 11.5 Å². The number of nitrogens with zero attached hydrogens (tertiary/aromatic N) is 4. The highest BCUT2D eigenvalue weighted by Crippen LogP contribution is 2.57. The minimum Gasteiger partial charge on any atom is -0.456 e. The fourth-order valence-electron chi connectivity index (χ4n) is 9.71. The van der Waals surface area contributed by atoms with Crippen molar-refractivity contribution in [3.63, 3.8) is 0 Å². The predicted molar refractivity (Wildman–Crippen MR) is 247 cm³/mol. The zero-order valence-corrected chi connectivity index (χ0v) is 33.3. The topological polar surface area (TPSA) is 71.7 Å². The van der Waals surface area contributed by atoms with Gasteiger partial charge in [-0.25, -0.2) is 15.0 Å². The van der Waals surface area contributed by atoms with Crippen molar-refractivity contribution in [3.05, 3.63) is 234 Å². The highest BCUT2D eigenvalue weighted by Gasteiger charge is 2.45. The molecule has 0 spiro atoms. The van der Waals surface area contributed by atoms with Crippen molar-refractivity contribution < 1.29 is 4.74 Å². The number of hydrogen-bond acceptors (Lipinski definition) is 5. The van der Waals surface area contributed by atoms with Gasteiger partial charge < -0.3 is 4.74 Å². The summed E-state index contributed by atoms with van der Waals surface area (Å²) in [7, 11) is 0. The van der Waals surface area contributed by atoms with Crippen LogP contribution in [-0.4, -0.2) is 15.0 Å². The molecule has 62 heavy (non-hydrogen) atoms. The van der Waals surface area contributed by atoms with Crippen LogP contribution < -0.4 is 4.74 Å². The molecule has 0 radical (unpaired) electrons. The average Bonchev–Trinajstić information content (AvgIpc) is 3.68. The Morgan fingerprint density at radius 3 is 1.56 bits per heavy atom. The molecule has 12 rings (SSSR count). The summed E-state index contributed by atoms with van der Waals surface area (Å²) >= 11 is 0. The molecule has 1 aromatic heterocycles. The van der Waals surface area contributed by atoms with Crippen molar-refractivity contribution in [2.45, 2.75) is 5.41 Å². The molecule has 5 heteroatoms. The van der Waals surface area contributed by atoms with Crippen LogP contribution in [0.15, 0.2) is 206 Å². The fourth-order valence-corrected chi connectivity index (χ4v) is 9.71. The Labute approximate surface area is 358 Å². The Morgan fingerprint density at radius 2 is 0.887 bits per heavy atom. The number of hydrogen-bond donors (Lipinski definition) is 0. The van der Waals surface area contributed by atoms with E-state index in [-0.39, 0.29) is 0 Å². The molecular formula is C57H34N4O. The molecule has 0 saturated carbocycles. The van der Waals surface area contributed by atoms with E-state index in [4.69, 9.17) is 19.7 Å². The van der Waals surface area contributed by atoms with E-state index in [1.54, 1.807) is 12.1 Å². The molecule has 0 amide bonds. The molecule has 5 nitrogen and oxygen atoms in total. The van der Waals surface area contributed by atoms with Gasteiger partial charge >= 0.3 is 0 Å². The van der Waals surface area contributed by atoms with Gasteiger partial charge in [0.15, 0.2) is 17.5 Å². The molecule has 0 fully saturated rings. The predicted octanol–water partition coefficient (Wildman–Crippen LogP) is 13.7. The van der Waals surface area contributed by atoms with Crippen LogP contribution in [0.2, 0.25) is 0 Å². The van der Waals surface area contributed by atoms with Gasteiger partial charge in [0.05, 0.1) is 17.0 Å². The van der Waals surface area contributed by atoms with Gasteiger partial charge in [-0.05, 0) is 86.1 Å². The lowest BCUT2D eigenvalue weighted by Crippen LogP contribution is -2.34. The van der Waals surface area contributed by atoms with E-state index in [1.807, 2.05) is 18.2 Å². The van der Waals surface area contributed by atoms with Gasteiger partial charge in [-0.3, -0.25) is 0 Å². The number of benzene rings is 9. The summed E-state index contributed by atoms with van der Waals surface area (Å²) in [5, 5.41) is 11.8. The van der Waals surface area contributed by atoms with Crippen LogP contribution in [0.1, 0.15) is 27.8 Å². The maximum Gasteiger partial charge on any atom is 0.164 e. The Balaban J connectivity index is 1.01. The number of fused-ring (bicyclic) bond motifs is 5. The third-order valence-corrected chi connectivity index (χ3v) is 12.5. The molecule has 10 aromatic rings. The van der Waals surface area contributed by atoms with Crippen molar-refractivity contribution in [3.8, 4) is 85.1 Å². The van der Waals surface area contributed by atoms with Crippen LogP contribution in [0.25, 0.3) is 78.3 Å². The Bertz CT molecular complexity index is 3360. The number of rotatable bonds is 6. The molecule has 0 unspecified atom stereocenters. The second-order valence-corrected chi connectivity index (χ2v) is 15.8. The molecular weight excluding hydrogens is 757 g/mol. The van der Waals surface area contributed by atoms with Crippen molar-refractivity contribution in [2.24, 2.45) is 0 Å². The van der Waals surface area contributed by atoms with Gasteiger partial charge in [0.25, 0.3) is 0 Å². The molecule has 0 bridgehead atoms. The van der Waals surface area contributed by atoms with E-state index < -0.39 is 5.41 Å². The second kappa shape index (κ2) is 14.1. The molecule has 2 aliphatic rings. The summed E-state index contributed by atoms with van der Waals surface area (Å²) < 4.78 is 6.95. The molecule has 1 aliphatic heterocycles. The summed E-state index contributed by atoms with van der Waals surface area (Å²) in [4.78, 5) is 15.4. The van der Waals surface area contributed by atoms with E-state index in [2.05, 4.69) is 182 Å². The zero-order chi connectivity index (χ0) is 41.2. The van der Waals surface area contributed by atoms with Gasteiger partial charge in [0.2, 0.25) is 0 Å². The quantitative estimate of drug-likeness (QED) is 0.168. The van der Waals surface area contributed by atoms with Crippen LogP contribution in [0.3, 0.4) is 0 Å². The number of nitriles is 1. The minimum atomic E-state index is -0.614. The summed E-state index contributed by atoms with van der Waals surface area (Å²) in [5.74, 6) is 3.33. The van der Waals surface area contributed by atoms with Crippen molar-refractivity contribution in [2.75, 3.05) is 0 Å². The first kappa shape index (κ1) is 35.5. The van der Waals surface area contributed by atoms with Crippen molar-refractivity contribution in [1.82, 2.24) is 15.0 Å². The van der Waals surface area contributed by atoms with E-state index in [0.717, 1.165) is 55.8 Å². The normalized spacial score (nSPS) is 12.8. The van der Waals surface area contributed by atoms with Crippen LogP contribution in [0, 0.1) is 11.3 Å². The molecule has 1 aliphatic carbocycles. The smallest absolute Gasteiger partial charge is 0.164 e. The Morgan fingerprint density at radius 1 is 0.387 bits per heavy atom. The third kappa shape index (κ3) is 5.37. The van der Waals surface area contributed by atoms with E-state index >= 15 is 0 Å². The minimum absolute atomic E-state index is 0.535. The van der Waals surface area contributed by atoms with Crippen molar-refractivity contribution >= 4 is 10.8 Å². The second-order valence-electron chi connectivity index (χ2n) is 15.8. The van der Waals surface area contributed by atoms with Gasteiger partial charge in [-0.15, -0.1) is 0 Å². The maximum atomic E-state index is 9.54. The zero-order valence-electron chi connectivity index (χ0n) is 33.3. The highest BCUT2D eigenvalue weighted by atomic mass is 16.5. The van der Waals surface area contributed by atoms with E-state index in [9.17, 15) is 5.26 Å². The lowest BCUT2D eigenvalue weighted by atomic mass is 9.63. The van der Waals surface area contributed by atoms with Gasteiger partial charge in [-0.1, -0.05) is 170 Å². The lowest BCUT2D eigenvalue weighted by Gasteiger charge is -2.42.